The van der Waals surface area contributed by atoms with Crippen LogP contribution in [0.5, 0.6) is 5.75 Å². The zero-order chi connectivity index (χ0) is 26.7. The number of amides is 3. The van der Waals surface area contributed by atoms with E-state index in [1.165, 1.54) is 0 Å². The number of carbonyl (C=O) groups is 3. The summed E-state index contributed by atoms with van der Waals surface area (Å²) in [4.78, 5) is 43.7. The molecule has 1 N–H and O–H groups in total. The first-order valence-corrected chi connectivity index (χ1v) is 13.3. The van der Waals surface area contributed by atoms with Crippen LogP contribution in [0.3, 0.4) is 0 Å². The number of hydrogen-bond donors (Lipinski definition) is 1. The fourth-order valence-corrected chi connectivity index (χ4v) is 5.52. The molecule has 3 saturated heterocycles. The second-order valence-corrected chi connectivity index (χ2v) is 10.2. The van der Waals surface area contributed by atoms with Crippen LogP contribution in [0.2, 0.25) is 0 Å². The Hall–Kier alpha value is -3.43. The molecule has 2 atom stereocenters. The van der Waals surface area contributed by atoms with Crippen LogP contribution in [-0.4, -0.2) is 85.3 Å². The predicted octanol–water partition coefficient (Wildman–Crippen LogP) is 2.77. The van der Waals surface area contributed by atoms with E-state index in [9.17, 15) is 14.4 Å². The molecule has 0 saturated carbocycles. The molecule has 0 aliphatic carbocycles. The topological polar surface area (TPSA) is 97.4 Å². The minimum absolute atomic E-state index is 0.00341. The Morgan fingerprint density at radius 2 is 1.66 bits per heavy atom. The van der Waals surface area contributed by atoms with Crippen molar-refractivity contribution in [2.45, 2.75) is 50.5 Å². The molecular weight excluding hydrogens is 486 g/mol. The zero-order valence-corrected chi connectivity index (χ0v) is 22.0. The van der Waals surface area contributed by atoms with Gasteiger partial charge in [0.25, 0.3) is 11.8 Å². The summed E-state index contributed by atoms with van der Waals surface area (Å²) >= 11 is 0. The van der Waals surface area contributed by atoms with E-state index < -0.39 is 11.8 Å². The molecule has 2 aromatic rings. The maximum atomic E-state index is 13.9. The summed E-state index contributed by atoms with van der Waals surface area (Å²) in [6, 6.07) is 13.6. The molecule has 3 aliphatic heterocycles. The van der Waals surface area contributed by atoms with E-state index in [2.05, 4.69) is 5.32 Å². The van der Waals surface area contributed by atoms with E-state index in [-0.39, 0.29) is 30.4 Å². The quantitative estimate of drug-likeness (QED) is 0.628. The van der Waals surface area contributed by atoms with E-state index >= 15 is 0 Å². The summed E-state index contributed by atoms with van der Waals surface area (Å²) in [6.45, 7) is 4.02. The summed E-state index contributed by atoms with van der Waals surface area (Å²) in [6.07, 6.45) is 2.74. The number of hydrogen-bond acceptors (Lipinski definition) is 6. The molecule has 9 heteroatoms. The van der Waals surface area contributed by atoms with Gasteiger partial charge < -0.3 is 24.4 Å². The smallest absolute Gasteiger partial charge is 0.256 e. The van der Waals surface area contributed by atoms with Crippen LogP contribution in [0.25, 0.3) is 0 Å². The Bertz CT molecular complexity index is 1150. The number of rotatable bonds is 6. The fourth-order valence-electron chi connectivity index (χ4n) is 5.52. The highest BCUT2D eigenvalue weighted by Crippen LogP contribution is 2.39. The number of aryl methyl sites for hydroxylation is 1. The first-order chi connectivity index (χ1) is 18.4. The lowest BCUT2D eigenvalue weighted by Gasteiger charge is -2.44. The molecule has 0 aromatic heterocycles. The van der Waals surface area contributed by atoms with Crippen molar-refractivity contribution in [3.8, 4) is 5.75 Å². The van der Waals surface area contributed by atoms with Crippen molar-refractivity contribution in [3.05, 3.63) is 65.2 Å². The number of nitrogens with one attached hydrogen (secondary N) is 1. The normalized spacial score (nSPS) is 22.5. The van der Waals surface area contributed by atoms with Gasteiger partial charge in [0, 0.05) is 50.2 Å². The zero-order valence-electron chi connectivity index (χ0n) is 22.0. The summed E-state index contributed by atoms with van der Waals surface area (Å²) in [5.74, 6) is 0.125. The minimum Gasteiger partial charge on any atom is -0.497 e. The first kappa shape index (κ1) is 26.2. The molecule has 3 amide bonds. The van der Waals surface area contributed by atoms with Crippen LogP contribution in [-0.2, 0) is 14.3 Å². The van der Waals surface area contributed by atoms with E-state index in [1.54, 1.807) is 53.3 Å². The van der Waals surface area contributed by atoms with Crippen LogP contribution in [0, 0.1) is 6.92 Å². The van der Waals surface area contributed by atoms with Crippen LogP contribution >= 0.6 is 0 Å². The van der Waals surface area contributed by atoms with Crippen LogP contribution in [0.4, 0.5) is 0 Å². The maximum absolute atomic E-state index is 13.9. The van der Waals surface area contributed by atoms with Crippen molar-refractivity contribution in [2.24, 2.45) is 0 Å². The molecule has 3 heterocycles. The number of benzene rings is 2. The molecule has 202 valence electrons. The van der Waals surface area contributed by atoms with Crippen molar-refractivity contribution < 1.29 is 28.6 Å². The average Bonchev–Trinajstić information content (AvgIpc) is 3.60. The summed E-state index contributed by atoms with van der Waals surface area (Å²) in [5, 5.41) is 2.98. The van der Waals surface area contributed by atoms with Gasteiger partial charge in [0.1, 0.15) is 17.5 Å². The number of nitrogens with zero attached hydrogens (tertiary/aromatic N) is 2. The van der Waals surface area contributed by atoms with Gasteiger partial charge in [-0.15, -0.1) is 0 Å². The Labute approximate surface area is 223 Å². The van der Waals surface area contributed by atoms with Crippen molar-refractivity contribution >= 4 is 17.7 Å². The Morgan fingerprint density at radius 3 is 2.29 bits per heavy atom. The fraction of sp³-hybridized carbons (Fsp3) is 0.483. The number of methoxy groups -OCH3 is 1. The first-order valence-electron chi connectivity index (χ1n) is 13.3. The lowest BCUT2D eigenvalue weighted by Crippen LogP contribution is -2.60. The minimum atomic E-state index is -0.954. The monoisotopic (exact) mass is 521 g/mol. The molecular formula is C29H35N3O6. The van der Waals surface area contributed by atoms with E-state index in [4.69, 9.17) is 14.2 Å². The Kier molecular flexibility index (Phi) is 7.67. The molecule has 1 spiro atoms. The van der Waals surface area contributed by atoms with Crippen LogP contribution in [0.15, 0.2) is 48.5 Å². The van der Waals surface area contributed by atoms with Gasteiger partial charge in [-0.2, -0.15) is 0 Å². The number of ether oxygens (including phenoxy) is 3. The summed E-state index contributed by atoms with van der Waals surface area (Å²) in [5.41, 5.74) is 1.18. The molecule has 38 heavy (non-hydrogen) atoms. The number of piperidine rings is 1. The molecule has 3 fully saturated rings. The van der Waals surface area contributed by atoms with Crippen molar-refractivity contribution in [3.63, 3.8) is 0 Å². The van der Waals surface area contributed by atoms with Crippen LogP contribution in [0.1, 0.15) is 52.0 Å². The van der Waals surface area contributed by atoms with Gasteiger partial charge in [-0.25, -0.2) is 0 Å². The number of likely N-dealkylation sites (tertiary alicyclic amines) is 1. The van der Waals surface area contributed by atoms with Crippen molar-refractivity contribution in [1.29, 1.82) is 0 Å². The molecule has 0 radical (unpaired) electrons. The summed E-state index contributed by atoms with van der Waals surface area (Å²) in [7, 11) is 1.59. The molecule has 3 aliphatic rings. The lowest BCUT2D eigenvalue weighted by atomic mass is 9.96. The highest BCUT2D eigenvalue weighted by molar-refractivity contribution is 5.98. The van der Waals surface area contributed by atoms with Gasteiger partial charge in [-0.1, -0.05) is 17.7 Å². The third-order valence-electron chi connectivity index (χ3n) is 7.78. The maximum Gasteiger partial charge on any atom is 0.256 e. The molecule has 5 rings (SSSR count). The molecule has 2 aromatic carbocycles. The molecule has 0 unspecified atom stereocenters. The highest BCUT2D eigenvalue weighted by Gasteiger charge is 2.54. The SMILES string of the molecule is COc1ccc(C(=O)N2CCC3(CC2)OC[C@H](C(=O)NC[C@H]2CCCO2)N3C(=O)c2ccc(C)cc2)cc1. The van der Waals surface area contributed by atoms with Gasteiger partial charge in [0.15, 0.2) is 0 Å². The predicted molar refractivity (Wildman–Crippen MR) is 140 cm³/mol. The van der Waals surface area contributed by atoms with Crippen molar-refractivity contribution in [2.75, 3.05) is 40.0 Å². The van der Waals surface area contributed by atoms with Crippen molar-refractivity contribution in [1.82, 2.24) is 15.1 Å². The second-order valence-electron chi connectivity index (χ2n) is 10.2. The van der Waals surface area contributed by atoms with Gasteiger partial charge in [0.05, 0.1) is 19.8 Å². The van der Waals surface area contributed by atoms with Gasteiger partial charge in [-0.3, -0.25) is 19.3 Å². The third kappa shape index (κ3) is 5.26. The van der Waals surface area contributed by atoms with Crippen LogP contribution < -0.4 is 10.1 Å². The van der Waals surface area contributed by atoms with E-state index in [0.717, 1.165) is 18.4 Å². The van der Waals surface area contributed by atoms with Gasteiger partial charge in [-0.05, 0) is 56.2 Å². The highest BCUT2D eigenvalue weighted by atomic mass is 16.5. The van der Waals surface area contributed by atoms with Gasteiger partial charge in [0.2, 0.25) is 5.91 Å². The van der Waals surface area contributed by atoms with E-state index in [0.29, 0.717) is 56.0 Å². The Morgan fingerprint density at radius 1 is 1.00 bits per heavy atom. The van der Waals surface area contributed by atoms with Gasteiger partial charge >= 0.3 is 0 Å². The molecule has 9 nitrogen and oxygen atoms in total. The number of carbonyl (C=O) groups excluding carboxylic acids is 3. The molecule has 0 bridgehead atoms. The standard InChI is InChI=1S/C29H35N3O6/c1-20-5-7-22(8-6-20)28(35)32-25(26(33)30-18-24-4-3-17-37-24)19-38-29(32)13-15-31(16-14-29)27(34)21-9-11-23(36-2)12-10-21/h5-12,24-25H,3-4,13-19H2,1-2H3,(H,30,33)/t24-,25-/m1/s1. The lowest BCUT2D eigenvalue weighted by molar-refractivity contribution is -0.128. The average molecular weight is 522 g/mol. The van der Waals surface area contributed by atoms with E-state index in [1.807, 2.05) is 19.1 Å². The summed E-state index contributed by atoms with van der Waals surface area (Å²) < 4.78 is 17.1. The third-order valence-corrected chi connectivity index (χ3v) is 7.78. The second kappa shape index (κ2) is 11.1. The largest absolute Gasteiger partial charge is 0.497 e. The Balaban J connectivity index is 1.33.